The third-order valence-electron chi connectivity index (χ3n) is 3.16. The fraction of sp³-hybridized carbons (Fsp3) is 0.278. The summed E-state index contributed by atoms with van der Waals surface area (Å²) in [5.74, 6) is -0.110. The standard InChI is InChI=1S/C18H20ClN3O3/c1-4-16(23)21-13-5-7-14(8-6-13)22-17(24)12-9-15(19)18(20-10-12)25-11(2)3/h5-11H,4H2,1-3H3,(H,21,23)(H,22,24). The lowest BCUT2D eigenvalue weighted by atomic mass is 10.2. The Morgan fingerprint density at radius 2 is 1.76 bits per heavy atom. The lowest BCUT2D eigenvalue weighted by molar-refractivity contribution is -0.115. The quantitative estimate of drug-likeness (QED) is 0.810. The highest BCUT2D eigenvalue weighted by Crippen LogP contribution is 2.24. The maximum atomic E-state index is 12.3. The van der Waals surface area contributed by atoms with Crippen LogP contribution >= 0.6 is 11.6 Å². The minimum absolute atomic E-state index is 0.0589. The van der Waals surface area contributed by atoms with Crippen LogP contribution in [0.25, 0.3) is 0 Å². The highest BCUT2D eigenvalue weighted by atomic mass is 35.5. The Bertz CT molecular complexity index is 761. The van der Waals surface area contributed by atoms with Crippen LogP contribution in [-0.2, 0) is 4.79 Å². The van der Waals surface area contributed by atoms with E-state index in [1.54, 1.807) is 31.2 Å². The van der Waals surface area contributed by atoms with E-state index in [-0.39, 0.29) is 22.9 Å². The fourth-order valence-electron chi connectivity index (χ4n) is 1.95. The molecule has 2 rings (SSSR count). The summed E-state index contributed by atoms with van der Waals surface area (Å²) < 4.78 is 5.44. The molecule has 0 spiro atoms. The van der Waals surface area contributed by atoms with E-state index in [4.69, 9.17) is 16.3 Å². The summed E-state index contributed by atoms with van der Waals surface area (Å²) in [6, 6.07) is 8.35. The summed E-state index contributed by atoms with van der Waals surface area (Å²) in [6.45, 7) is 5.51. The SMILES string of the molecule is CCC(=O)Nc1ccc(NC(=O)c2cnc(OC(C)C)c(Cl)c2)cc1. The van der Waals surface area contributed by atoms with E-state index in [2.05, 4.69) is 15.6 Å². The molecule has 0 aliphatic carbocycles. The number of ether oxygens (including phenoxy) is 1. The van der Waals surface area contributed by atoms with Crippen LogP contribution in [0.3, 0.4) is 0 Å². The summed E-state index contributed by atoms with van der Waals surface area (Å²) in [6.07, 6.45) is 1.76. The number of nitrogens with zero attached hydrogens (tertiary/aromatic N) is 1. The molecule has 132 valence electrons. The highest BCUT2D eigenvalue weighted by Gasteiger charge is 2.12. The van der Waals surface area contributed by atoms with Crippen molar-refractivity contribution < 1.29 is 14.3 Å². The number of carbonyl (C=O) groups is 2. The summed E-state index contributed by atoms with van der Waals surface area (Å²) in [5.41, 5.74) is 1.59. The molecule has 1 aromatic heterocycles. The molecule has 0 bridgehead atoms. The molecule has 1 aromatic carbocycles. The van der Waals surface area contributed by atoms with E-state index >= 15 is 0 Å². The first kappa shape index (κ1) is 18.7. The Labute approximate surface area is 151 Å². The normalized spacial score (nSPS) is 10.4. The molecule has 7 heteroatoms. The Hall–Kier alpha value is -2.60. The van der Waals surface area contributed by atoms with Crippen LogP contribution in [0, 0.1) is 0 Å². The molecule has 0 aliphatic rings. The molecule has 2 N–H and O–H groups in total. The average molecular weight is 362 g/mol. The number of carbonyl (C=O) groups excluding carboxylic acids is 2. The van der Waals surface area contributed by atoms with E-state index < -0.39 is 0 Å². The number of nitrogens with one attached hydrogen (secondary N) is 2. The van der Waals surface area contributed by atoms with Gasteiger partial charge in [-0.25, -0.2) is 4.98 Å². The molecule has 0 fully saturated rings. The van der Waals surface area contributed by atoms with Crippen molar-refractivity contribution in [2.75, 3.05) is 10.6 Å². The number of pyridine rings is 1. The summed E-state index contributed by atoms with van der Waals surface area (Å²) >= 11 is 6.10. The highest BCUT2D eigenvalue weighted by molar-refractivity contribution is 6.32. The Morgan fingerprint density at radius 1 is 1.16 bits per heavy atom. The van der Waals surface area contributed by atoms with Gasteiger partial charge in [0.05, 0.1) is 11.7 Å². The largest absolute Gasteiger partial charge is 0.474 e. The van der Waals surface area contributed by atoms with Crippen molar-refractivity contribution in [3.05, 3.63) is 47.1 Å². The molecular formula is C18H20ClN3O3. The number of hydrogen-bond acceptors (Lipinski definition) is 4. The van der Waals surface area contributed by atoms with Gasteiger partial charge < -0.3 is 15.4 Å². The molecule has 0 unspecified atom stereocenters. The van der Waals surface area contributed by atoms with Gasteiger partial charge in [-0.15, -0.1) is 0 Å². The van der Waals surface area contributed by atoms with Gasteiger partial charge in [-0.05, 0) is 44.2 Å². The number of amides is 2. The van der Waals surface area contributed by atoms with Crippen molar-refractivity contribution in [3.8, 4) is 5.88 Å². The Kier molecular flexibility index (Phi) is 6.36. The number of halogens is 1. The van der Waals surface area contributed by atoms with Gasteiger partial charge in [-0.1, -0.05) is 18.5 Å². The first-order valence-corrected chi connectivity index (χ1v) is 8.30. The molecule has 0 atom stereocenters. The molecule has 2 aromatic rings. The monoisotopic (exact) mass is 361 g/mol. The number of anilines is 2. The van der Waals surface area contributed by atoms with Crippen LogP contribution in [0.4, 0.5) is 11.4 Å². The fourth-order valence-corrected chi connectivity index (χ4v) is 2.16. The second-order valence-electron chi connectivity index (χ2n) is 5.61. The Balaban J connectivity index is 2.04. The van der Waals surface area contributed by atoms with Crippen LogP contribution < -0.4 is 15.4 Å². The maximum Gasteiger partial charge on any atom is 0.257 e. The van der Waals surface area contributed by atoms with Crippen molar-refractivity contribution >= 4 is 34.8 Å². The second-order valence-corrected chi connectivity index (χ2v) is 6.02. The van der Waals surface area contributed by atoms with Crippen molar-refractivity contribution in [1.82, 2.24) is 4.98 Å². The van der Waals surface area contributed by atoms with Gasteiger partial charge in [0.2, 0.25) is 11.8 Å². The molecule has 0 radical (unpaired) electrons. The van der Waals surface area contributed by atoms with Gasteiger partial charge >= 0.3 is 0 Å². The van der Waals surface area contributed by atoms with Gasteiger partial charge in [0.25, 0.3) is 5.91 Å². The van der Waals surface area contributed by atoms with E-state index in [0.29, 0.717) is 29.2 Å². The lowest BCUT2D eigenvalue weighted by Crippen LogP contribution is -2.14. The minimum Gasteiger partial charge on any atom is -0.474 e. The van der Waals surface area contributed by atoms with Crippen LogP contribution in [0.15, 0.2) is 36.5 Å². The zero-order valence-corrected chi connectivity index (χ0v) is 15.1. The third kappa shape index (κ3) is 5.46. The van der Waals surface area contributed by atoms with Crippen LogP contribution in [-0.4, -0.2) is 22.9 Å². The van der Waals surface area contributed by atoms with Crippen molar-refractivity contribution in [2.45, 2.75) is 33.3 Å². The Morgan fingerprint density at radius 3 is 2.28 bits per heavy atom. The topological polar surface area (TPSA) is 80.3 Å². The van der Waals surface area contributed by atoms with Crippen LogP contribution in [0.1, 0.15) is 37.6 Å². The van der Waals surface area contributed by atoms with Gasteiger partial charge in [0.1, 0.15) is 5.02 Å². The predicted octanol–water partition coefficient (Wildman–Crippen LogP) is 4.12. The summed E-state index contributed by atoms with van der Waals surface area (Å²) in [4.78, 5) is 27.7. The molecular weight excluding hydrogens is 342 g/mol. The van der Waals surface area contributed by atoms with Crippen molar-refractivity contribution in [2.24, 2.45) is 0 Å². The van der Waals surface area contributed by atoms with Crippen molar-refractivity contribution in [3.63, 3.8) is 0 Å². The zero-order valence-electron chi connectivity index (χ0n) is 14.3. The molecule has 0 saturated carbocycles. The second kappa shape index (κ2) is 8.48. The number of hydrogen-bond donors (Lipinski definition) is 2. The number of rotatable bonds is 6. The van der Waals surface area contributed by atoms with Gasteiger partial charge in [0, 0.05) is 24.0 Å². The predicted molar refractivity (Wildman–Crippen MR) is 98.3 cm³/mol. The average Bonchev–Trinajstić information content (AvgIpc) is 2.57. The van der Waals surface area contributed by atoms with Gasteiger partial charge in [-0.3, -0.25) is 9.59 Å². The maximum absolute atomic E-state index is 12.3. The zero-order chi connectivity index (χ0) is 18.4. The number of benzene rings is 1. The van der Waals surface area contributed by atoms with E-state index in [1.165, 1.54) is 12.3 Å². The lowest BCUT2D eigenvalue weighted by Gasteiger charge is -2.11. The van der Waals surface area contributed by atoms with Crippen LogP contribution in [0.2, 0.25) is 5.02 Å². The molecule has 6 nitrogen and oxygen atoms in total. The number of aromatic nitrogens is 1. The first-order chi connectivity index (χ1) is 11.9. The molecule has 0 aliphatic heterocycles. The van der Waals surface area contributed by atoms with E-state index in [0.717, 1.165) is 0 Å². The molecule has 0 saturated heterocycles. The van der Waals surface area contributed by atoms with Gasteiger partial charge in [0.15, 0.2) is 0 Å². The van der Waals surface area contributed by atoms with Crippen LogP contribution in [0.5, 0.6) is 5.88 Å². The first-order valence-electron chi connectivity index (χ1n) is 7.92. The van der Waals surface area contributed by atoms with Crippen molar-refractivity contribution in [1.29, 1.82) is 0 Å². The van der Waals surface area contributed by atoms with E-state index in [1.807, 2.05) is 13.8 Å². The minimum atomic E-state index is -0.337. The smallest absolute Gasteiger partial charge is 0.257 e. The third-order valence-corrected chi connectivity index (χ3v) is 3.44. The summed E-state index contributed by atoms with van der Waals surface area (Å²) in [5, 5.41) is 5.77. The summed E-state index contributed by atoms with van der Waals surface area (Å²) in [7, 11) is 0. The molecule has 2 amide bonds. The molecule has 1 heterocycles. The molecule has 25 heavy (non-hydrogen) atoms. The van der Waals surface area contributed by atoms with Gasteiger partial charge in [-0.2, -0.15) is 0 Å². The van der Waals surface area contributed by atoms with E-state index in [9.17, 15) is 9.59 Å².